The number of nitro benzene ring substituents is 1. The van der Waals surface area contributed by atoms with Crippen molar-refractivity contribution < 1.29 is 33.9 Å². The molecular formula is C30H35N5O8. The molecule has 0 unspecified atom stereocenters. The number of hydrogen-bond acceptors (Lipinski definition) is 8. The van der Waals surface area contributed by atoms with Gasteiger partial charge in [-0.1, -0.05) is 37.3 Å². The minimum atomic E-state index is -1.32. The van der Waals surface area contributed by atoms with Crippen LogP contribution in [0.3, 0.4) is 0 Å². The average Bonchev–Trinajstić information content (AvgIpc) is 3.02. The smallest absolute Gasteiger partial charge is 0.335 e. The van der Waals surface area contributed by atoms with Crippen LogP contribution in [-0.2, 0) is 19.7 Å². The van der Waals surface area contributed by atoms with Crippen molar-refractivity contribution in [2.45, 2.75) is 44.1 Å². The Kier molecular flexibility index (Phi) is 9.76. The largest absolute Gasteiger partial charge is 0.478 e. The van der Waals surface area contributed by atoms with E-state index in [4.69, 9.17) is 4.74 Å². The molecule has 13 heteroatoms. The molecule has 13 nitrogen and oxygen atoms in total. The van der Waals surface area contributed by atoms with Crippen molar-refractivity contribution in [3.63, 3.8) is 0 Å². The Balaban J connectivity index is 1.41. The number of rotatable bonds is 10. The Hall–Kier alpha value is -4.78. The highest BCUT2D eigenvalue weighted by atomic mass is 16.6. The molecule has 0 spiro atoms. The molecule has 0 aliphatic carbocycles. The molecule has 2 heterocycles. The lowest BCUT2D eigenvalue weighted by Gasteiger charge is -2.40. The molecule has 1 atom stereocenters. The van der Waals surface area contributed by atoms with E-state index in [-0.39, 0.29) is 41.5 Å². The van der Waals surface area contributed by atoms with Crippen LogP contribution in [0.15, 0.2) is 65.9 Å². The van der Waals surface area contributed by atoms with Crippen molar-refractivity contribution in [1.29, 1.82) is 0 Å². The molecule has 1 saturated heterocycles. The van der Waals surface area contributed by atoms with E-state index in [2.05, 4.69) is 15.5 Å². The number of carbonyl (C=O) groups excluding carboxylic acids is 3. The summed E-state index contributed by atoms with van der Waals surface area (Å²) >= 11 is 0. The number of allylic oxidation sites excluding steroid dienone is 1. The van der Waals surface area contributed by atoms with E-state index in [0.717, 1.165) is 10.5 Å². The summed E-state index contributed by atoms with van der Waals surface area (Å²) in [5, 5.41) is 26.4. The van der Waals surface area contributed by atoms with E-state index in [1.807, 2.05) is 30.3 Å². The normalized spacial score (nSPS) is 18.5. The molecule has 3 N–H and O–H groups in total. The fourth-order valence-corrected chi connectivity index (χ4v) is 5.80. The summed E-state index contributed by atoms with van der Waals surface area (Å²) in [4.78, 5) is 64.9. The summed E-state index contributed by atoms with van der Waals surface area (Å²) in [5.41, 5.74) is 0.237. The van der Waals surface area contributed by atoms with E-state index < -0.39 is 34.4 Å². The van der Waals surface area contributed by atoms with Crippen LogP contribution in [0, 0.1) is 10.1 Å². The van der Waals surface area contributed by atoms with Gasteiger partial charge in [0.25, 0.3) is 5.69 Å². The Morgan fingerprint density at radius 2 is 1.77 bits per heavy atom. The monoisotopic (exact) mass is 593 g/mol. The third kappa shape index (κ3) is 6.51. The first-order chi connectivity index (χ1) is 20.6. The van der Waals surface area contributed by atoms with Crippen LogP contribution in [0.5, 0.6) is 0 Å². The quantitative estimate of drug-likeness (QED) is 0.161. The van der Waals surface area contributed by atoms with Crippen molar-refractivity contribution >= 4 is 29.7 Å². The Morgan fingerprint density at radius 1 is 1.12 bits per heavy atom. The number of nitrogens with zero attached hydrogens (tertiary/aromatic N) is 3. The maximum Gasteiger partial charge on any atom is 0.335 e. The standard InChI is InChI=1S/C30H35N5O8/c1-3-23-24(26(36)37)25(20-10-12-22(13-11-20)35(41)42)34(29(40)32-23)28(39)31-16-7-17-33-18-14-30(15-19-33,27(38)43-2)21-8-5-4-6-9-21/h4-6,8-13,25H,3,7,14-19H2,1-2H3,(H,31,39)(H,32,40)(H,36,37)/t25-/m1/s1. The number of esters is 1. The first kappa shape index (κ1) is 31.2. The van der Waals surface area contributed by atoms with Gasteiger partial charge in [0.15, 0.2) is 0 Å². The molecule has 2 aliphatic heterocycles. The van der Waals surface area contributed by atoms with Gasteiger partial charge < -0.3 is 25.4 Å². The predicted molar refractivity (Wildman–Crippen MR) is 155 cm³/mol. The minimum Gasteiger partial charge on any atom is -0.478 e. The van der Waals surface area contributed by atoms with Gasteiger partial charge in [-0.2, -0.15) is 0 Å². The number of nitrogens with one attached hydrogen (secondary N) is 2. The number of piperidine rings is 1. The first-order valence-corrected chi connectivity index (χ1v) is 14.1. The van der Waals surface area contributed by atoms with Gasteiger partial charge in [0.2, 0.25) is 0 Å². The summed E-state index contributed by atoms with van der Waals surface area (Å²) in [6, 6.07) is 11.8. The van der Waals surface area contributed by atoms with Gasteiger partial charge in [-0.15, -0.1) is 0 Å². The molecule has 0 bridgehead atoms. The van der Waals surface area contributed by atoms with Crippen molar-refractivity contribution in [3.05, 3.63) is 87.1 Å². The number of likely N-dealkylation sites (tertiary alicyclic amines) is 1. The summed E-state index contributed by atoms with van der Waals surface area (Å²) in [6.07, 6.45) is 1.92. The first-order valence-electron chi connectivity index (χ1n) is 14.1. The molecule has 2 aromatic rings. The highest BCUT2D eigenvalue weighted by Crippen LogP contribution is 2.37. The lowest BCUT2D eigenvalue weighted by molar-refractivity contribution is -0.384. The lowest BCUT2D eigenvalue weighted by atomic mass is 9.72. The maximum atomic E-state index is 13.3. The number of imide groups is 1. The van der Waals surface area contributed by atoms with Crippen LogP contribution in [0.4, 0.5) is 15.3 Å². The summed E-state index contributed by atoms with van der Waals surface area (Å²) in [7, 11) is 1.40. The Bertz CT molecular complexity index is 1400. The van der Waals surface area contributed by atoms with Crippen LogP contribution in [0.1, 0.15) is 49.8 Å². The molecule has 2 aliphatic rings. The lowest BCUT2D eigenvalue weighted by Crippen LogP contribution is -2.54. The number of benzene rings is 2. The number of amides is 4. The van der Waals surface area contributed by atoms with E-state index >= 15 is 0 Å². The molecule has 1 fully saturated rings. The number of carbonyl (C=O) groups is 4. The molecule has 4 rings (SSSR count). The zero-order valence-corrected chi connectivity index (χ0v) is 24.1. The number of carboxylic acids is 1. The van der Waals surface area contributed by atoms with Gasteiger partial charge in [-0.3, -0.25) is 14.9 Å². The molecule has 0 saturated carbocycles. The number of nitro groups is 1. The molecule has 2 aromatic carbocycles. The van der Waals surface area contributed by atoms with Gasteiger partial charge in [-0.05, 0) is 68.6 Å². The molecule has 0 radical (unpaired) electrons. The van der Waals surface area contributed by atoms with Gasteiger partial charge in [-0.25, -0.2) is 19.3 Å². The fraction of sp³-hybridized carbons (Fsp3) is 0.400. The predicted octanol–water partition coefficient (Wildman–Crippen LogP) is 3.72. The number of ether oxygens (including phenoxy) is 1. The number of aliphatic carboxylic acids is 1. The van der Waals surface area contributed by atoms with Gasteiger partial charge in [0, 0.05) is 24.4 Å². The zero-order valence-electron chi connectivity index (χ0n) is 24.1. The van der Waals surface area contributed by atoms with E-state index in [1.165, 1.54) is 31.4 Å². The number of hydrogen-bond donors (Lipinski definition) is 3. The molecule has 4 amide bonds. The van der Waals surface area contributed by atoms with Crippen molar-refractivity contribution in [2.24, 2.45) is 0 Å². The van der Waals surface area contributed by atoms with Crippen LogP contribution in [0.25, 0.3) is 0 Å². The number of urea groups is 2. The third-order valence-corrected chi connectivity index (χ3v) is 8.10. The highest BCUT2D eigenvalue weighted by Gasteiger charge is 2.44. The SMILES string of the molecule is CCC1=C(C(=O)O)[C@@H](c2ccc([N+](=O)[O-])cc2)N(C(=O)NCCCN2CCC(C(=O)OC)(c3ccccc3)CC2)C(=O)N1. The van der Waals surface area contributed by atoms with Crippen LogP contribution in [-0.4, -0.2) is 77.1 Å². The Morgan fingerprint density at radius 3 is 2.33 bits per heavy atom. The maximum absolute atomic E-state index is 13.3. The van der Waals surface area contributed by atoms with Gasteiger partial charge >= 0.3 is 24.0 Å². The molecular weight excluding hydrogens is 558 g/mol. The number of methoxy groups -OCH3 is 1. The topological polar surface area (TPSA) is 171 Å². The molecule has 43 heavy (non-hydrogen) atoms. The second-order valence-electron chi connectivity index (χ2n) is 10.5. The summed E-state index contributed by atoms with van der Waals surface area (Å²) in [5.74, 6) is -1.57. The van der Waals surface area contributed by atoms with E-state index in [1.54, 1.807) is 6.92 Å². The second kappa shape index (κ2) is 13.5. The van der Waals surface area contributed by atoms with Gasteiger partial charge in [0.05, 0.1) is 23.0 Å². The average molecular weight is 594 g/mol. The van der Waals surface area contributed by atoms with E-state index in [0.29, 0.717) is 38.9 Å². The van der Waals surface area contributed by atoms with E-state index in [9.17, 15) is 34.4 Å². The van der Waals surface area contributed by atoms with Crippen molar-refractivity contribution in [1.82, 2.24) is 20.4 Å². The second-order valence-corrected chi connectivity index (χ2v) is 10.5. The molecule has 228 valence electrons. The minimum absolute atomic E-state index is 0.161. The molecule has 0 aromatic heterocycles. The Labute approximate surface area is 248 Å². The van der Waals surface area contributed by atoms with Crippen LogP contribution < -0.4 is 10.6 Å². The summed E-state index contributed by atoms with van der Waals surface area (Å²) < 4.78 is 5.15. The van der Waals surface area contributed by atoms with Crippen molar-refractivity contribution in [3.8, 4) is 0 Å². The number of carboxylic acid groups (broad SMARTS) is 1. The van der Waals surface area contributed by atoms with Crippen LogP contribution >= 0.6 is 0 Å². The third-order valence-electron chi connectivity index (χ3n) is 8.10. The fourth-order valence-electron chi connectivity index (χ4n) is 5.80. The zero-order chi connectivity index (χ0) is 31.1. The van der Waals surface area contributed by atoms with Crippen LogP contribution in [0.2, 0.25) is 0 Å². The van der Waals surface area contributed by atoms with Gasteiger partial charge in [0.1, 0.15) is 6.04 Å². The van der Waals surface area contributed by atoms with Crippen molar-refractivity contribution in [2.75, 3.05) is 33.3 Å². The highest BCUT2D eigenvalue weighted by molar-refractivity contribution is 6.01. The number of non-ortho nitro benzene ring substituents is 1. The summed E-state index contributed by atoms with van der Waals surface area (Å²) in [6.45, 7) is 3.82.